The highest BCUT2D eigenvalue weighted by atomic mass is 16.5. The molecule has 1 fully saturated rings. The molecule has 1 aliphatic rings. The summed E-state index contributed by atoms with van der Waals surface area (Å²) in [5, 5.41) is 11.7. The maximum atomic E-state index is 12.0. The third-order valence-corrected chi connectivity index (χ3v) is 3.18. The predicted octanol–water partition coefficient (Wildman–Crippen LogP) is 0.827. The van der Waals surface area contributed by atoms with Crippen LogP contribution in [0.1, 0.15) is 29.6 Å². The average molecular weight is 250 g/mol. The van der Waals surface area contributed by atoms with Crippen molar-refractivity contribution < 1.29 is 19.4 Å². The molecule has 1 aromatic rings. The Hall–Kier alpha value is -2.11. The molecule has 6 heteroatoms. The largest absolute Gasteiger partial charge is 0.480 e. The Morgan fingerprint density at radius 1 is 1.50 bits per heavy atom. The van der Waals surface area contributed by atoms with Crippen molar-refractivity contribution in [1.82, 2.24) is 10.3 Å². The molecule has 1 aromatic heterocycles. The van der Waals surface area contributed by atoms with Gasteiger partial charge in [0.1, 0.15) is 11.1 Å². The summed E-state index contributed by atoms with van der Waals surface area (Å²) in [5.74, 6) is -1.28. The molecule has 0 unspecified atom stereocenters. The fraction of sp³-hybridized carbons (Fsp3) is 0.417. The molecule has 0 bridgehead atoms. The third-order valence-electron chi connectivity index (χ3n) is 3.18. The van der Waals surface area contributed by atoms with E-state index in [4.69, 9.17) is 9.84 Å². The van der Waals surface area contributed by atoms with Crippen molar-refractivity contribution in [1.29, 1.82) is 0 Å². The van der Waals surface area contributed by atoms with Crippen LogP contribution in [0.25, 0.3) is 0 Å². The molecule has 1 saturated carbocycles. The number of aromatic nitrogens is 1. The van der Waals surface area contributed by atoms with Gasteiger partial charge in [-0.05, 0) is 31.4 Å². The van der Waals surface area contributed by atoms with Crippen molar-refractivity contribution >= 4 is 11.9 Å². The van der Waals surface area contributed by atoms with E-state index < -0.39 is 17.4 Å². The molecule has 0 radical (unpaired) electrons. The van der Waals surface area contributed by atoms with Crippen LogP contribution in [0.2, 0.25) is 0 Å². The first-order valence-corrected chi connectivity index (χ1v) is 5.64. The van der Waals surface area contributed by atoms with E-state index in [0.29, 0.717) is 12.8 Å². The van der Waals surface area contributed by atoms with Crippen LogP contribution >= 0.6 is 0 Å². The summed E-state index contributed by atoms with van der Waals surface area (Å²) < 4.78 is 4.97. The number of methoxy groups -OCH3 is 1. The molecular weight excluding hydrogens is 236 g/mol. The zero-order chi connectivity index (χ0) is 13.2. The van der Waals surface area contributed by atoms with Crippen LogP contribution < -0.4 is 10.1 Å². The summed E-state index contributed by atoms with van der Waals surface area (Å²) in [6, 6.07) is 3.15. The number of carbonyl (C=O) groups is 2. The topological polar surface area (TPSA) is 88.5 Å². The fourth-order valence-corrected chi connectivity index (χ4v) is 1.93. The number of carboxylic acid groups (broad SMARTS) is 1. The number of carboxylic acids is 1. The molecule has 96 valence electrons. The molecule has 2 N–H and O–H groups in total. The predicted molar refractivity (Wildman–Crippen MR) is 62.5 cm³/mol. The van der Waals surface area contributed by atoms with E-state index in [1.54, 1.807) is 12.1 Å². The second-order valence-corrected chi connectivity index (χ2v) is 4.26. The van der Waals surface area contributed by atoms with Crippen molar-refractivity contribution in [3.8, 4) is 5.88 Å². The Morgan fingerprint density at radius 3 is 2.72 bits per heavy atom. The highest BCUT2D eigenvalue weighted by Gasteiger charge is 2.46. The number of rotatable bonds is 4. The van der Waals surface area contributed by atoms with Gasteiger partial charge in [-0.3, -0.25) is 4.79 Å². The molecule has 0 aliphatic heterocycles. The van der Waals surface area contributed by atoms with Gasteiger partial charge in [-0.25, -0.2) is 9.78 Å². The van der Waals surface area contributed by atoms with Crippen LogP contribution in [-0.2, 0) is 4.79 Å². The van der Waals surface area contributed by atoms with Crippen molar-refractivity contribution in [2.24, 2.45) is 0 Å². The molecule has 0 spiro atoms. The van der Waals surface area contributed by atoms with Gasteiger partial charge >= 0.3 is 5.97 Å². The number of hydrogen-bond donors (Lipinski definition) is 2. The van der Waals surface area contributed by atoms with Crippen LogP contribution in [0.15, 0.2) is 18.3 Å². The van der Waals surface area contributed by atoms with Crippen LogP contribution in [0.4, 0.5) is 0 Å². The monoisotopic (exact) mass is 250 g/mol. The van der Waals surface area contributed by atoms with Crippen molar-refractivity contribution in [3.63, 3.8) is 0 Å². The van der Waals surface area contributed by atoms with Gasteiger partial charge in [0.05, 0.1) is 7.11 Å². The van der Waals surface area contributed by atoms with Crippen molar-refractivity contribution in [3.05, 3.63) is 23.9 Å². The number of nitrogens with one attached hydrogen (secondary N) is 1. The summed E-state index contributed by atoms with van der Waals surface area (Å²) in [4.78, 5) is 27.1. The van der Waals surface area contributed by atoms with Gasteiger partial charge < -0.3 is 15.2 Å². The summed E-state index contributed by atoms with van der Waals surface area (Å²) in [6.45, 7) is 0. The molecule has 2 rings (SSSR count). The minimum absolute atomic E-state index is 0.190. The first kappa shape index (κ1) is 12.3. The number of nitrogens with zero attached hydrogens (tertiary/aromatic N) is 1. The van der Waals surface area contributed by atoms with E-state index in [2.05, 4.69) is 10.3 Å². The van der Waals surface area contributed by atoms with E-state index >= 15 is 0 Å². The van der Waals surface area contributed by atoms with Crippen LogP contribution in [0, 0.1) is 0 Å². The van der Waals surface area contributed by atoms with Gasteiger partial charge in [0.2, 0.25) is 5.88 Å². The van der Waals surface area contributed by atoms with E-state index in [1.807, 2.05) is 0 Å². The number of ether oxygens (including phenoxy) is 1. The Kier molecular flexibility index (Phi) is 3.18. The van der Waals surface area contributed by atoms with E-state index in [-0.39, 0.29) is 11.4 Å². The molecular formula is C12H14N2O4. The number of carbonyl (C=O) groups excluding carboxylic acids is 1. The van der Waals surface area contributed by atoms with Gasteiger partial charge in [-0.15, -0.1) is 0 Å². The van der Waals surface area contributed by atoms with E-state index in [9.17, 15) is 9.59 Å². The first-order valence-electron chi connectivity index (χ1n) is 5.64. The maximum absolute atomic E-state index is 12.0. The highest BCUT2D eigenvalue weighted by Crippen LogP contribution is 2.32. The summed E-state index contributed by atoms with van der Waals surface area (Å²) >= 11 is 0. The lowest BCUT2D eigenvalue weighted by Crippen LogP contribution is -2.59. The summed E-state index contributed by atoms with van der Waals surface area (Å²) in [7, 11) is 1.41. The third kappa shape index (κ3) is 2.01. The van der Waals surface area contributed by atoms with Crippen LogP contribution in [0.5, 0.6) is 5.88 Å². The van der Waals surface area contributed by atoms with Gasteiger partial charge in [-0.1, -0.05) is 0 Å². The second kappa shape index (κ2) is 4.64. The molecule has 18 heavy (non-hydrogen) atoms. The number of pyridine rings is 1. The zero-order valence-corrected chi connectivity index (χ0v) is 9.97. The molecule has 0 aromatic carbocycles. The smallest absolute Gasteiger partial charge is 0.329 e. The molecule has 1 aliphatic carbocycles. The highest BCUT2D eigenvalue weighted by molar-refractivity contribution is 5.99. The number of hydrogen-bond acceptors (Lipinski definition) is 4. The molecule has 0 saturated heterocycles. The van der Waals surface area contributed by atoms with E-state index in [0.717, 1.165) is 6.42 Å². The molecule has 1 heterocycles. The lowest BCUT2D eigenvalue weighted by atomic mass is 9.76. The number of amides is 1. The van der Waals surface area contributed by atoms with Gasteiger partial charge in [-0.2, -0.15) is 0 Å². The van der Waals surface area contributed by atoms with Crippen molar-refractivity contribution in [2.75, 3.05) is 7.11 Å². The SMILES string of the molecule is COc1ncccc1C(=O)NC1(C(=O)O)CCC1. The summed E-state index contributed by atoms with van der Waals surface area (Å²) in [6.07, 6.45) is 3.22. The average Bonchev–Trinajstić information content (AvgIpc) is 2.33. The normalized spacial score (nSPS) is 16.5. The van der Waals surface area contributed by atoms with E-state index in [1.165, 1.54) is 13.3 Å². The molecule has 0 atom stereocenters. The van der Waals surface area contributed by atoms with Crippen LogP contribution in [0.3, 0.4) is 0 Å². The minimum atomic E-state index is -1.13. The standard InChI is InChI=1S/C12H14N2O4/c1-18-10-8(4-2-7-13-10)9(15)14-12(11(16)17)5-3-6-12/h2,4,7H,3,5-6H2,1H3,(H,14,15)(H,16,17). The fourth-order valence-electron chi connectivity index (χ4n) is 1.93. The summed E-state index contributed by atoms with van der Waals surface area (Å²) in [5.41, 5.74) is -0.884. The molecule has 6 nitrogen and oxygen atoms in total. The van der Waals surface area contributed by atoms with Crippen LogP contribution in [-0.4, -0.2) is 34.6 Å². The Labute approximate surface area is 104 Å². The Morgan fingerprint density at radius 2 is 2.22 bits per heavy atom. The lowest BCUT2D eigenvalue weighted by Gasteiger charge is -2.38. The zero-order valence-electron chi connectivity index (χ0n) is 9.97. The van der Waals surface area contributed by atoms with Gasteiger partial charge in [0.25, 0.3) is 5.91 Å². The maximum Gasteiger partial charge on any atom is 0.329 e. The first-order chi connectivity index (χ1) is 8.59. The van der Waals surface area contributed by atoms with Gasteiger partial charge in [0, 0.05) is 6.20 Å². The quantitative estimate of drug-likeness (QED) is 0.826. The lowest BCUT2D eigenvalue weighted by molar-refractivity contribution is -0.148. The molecule has 1 amide bonds. The van der Waals surface area contributed by atoms with Gasteiger partial charge in [0.15, 0.2) is 0 Å². The minimum Gasteiger partial charge on any atom is -0.480 e. The number of aliphatic carboxylic acids is 1. The second-order valence-electron chi connectivity index (χ2n) is 4.26. The van der Waals surface area contributed by atoms with Crippen molar-refractivity contribution in [2.45, 2.75) is 24.8 Å². The Balaban J connectivity index is 2.19. The Bertz CT molecular complexity index is 483.